The van der Waals surface area contributed by atoms with Gasteiger partial charge in [-0.25, -0.2) is 0 Å². The maximum atomic E-state index is 11.3. The van der Waals surface area contributed by atoms with E-state index in [0.29, 0.717) is 17.9 Å². The second-order valence-corrected chi connectivity index (χ2v) is 5.60. The molecule has 0 unspecified atom stereocenters. The van der Waals surface area contributed by atoms with Crippen molar-refractivity contribution in [3.8, 4) is 5.75 Å². The number of carbonyl (C=O) groups excluding carboxylic acids is 1. The molecule has 0 aromatic heterocycles. The van der Waals surface area contributed by atoms with Gasteiger partial charge in [0.2, 0.25) is 0 Å². The first-order valence-electron chi connectivity index (χ1n) is 8.29. The van der Waals surface area contributed by atoms with Gasteiger partial charge >= 0.3 is 0 Å². The van der Waals surface area contributed by atoms with E-state index in [1.54, 1.807) is 0 Å². The lowest BCUT2D eigenvalue weighted by molar-refractivity contribution is 0.111. The summed E-state index contributed by atoms with van der Waals surface area (Å²) in [7, 11) is 0. The molecule has 0 saturated carbocycles. The van der Waals surface area contributed by atoms with E-state index in [1.807, 2.05) is 48.5 Å². The van der Waals surface area contributed by atoms with E-state index in [0.717, 1.165) is 43.5 Å². The molecular weight excluding hydrogens is 286 g/mol. The van der Waals surface area contributed by atoms with Gasteiger partial charge in [0.25, 0.3) is 0 Å². The molecule has 2 rings (SSSR count). The van der Waals surface area contributed by atoms with Crippen molar-refractivity contribution in [3.05, 3.63) is 59.7 Å². The zero-order chi connectivity index (χ0) is 16.5. The molecule has 0 atom stereocenters. The van der Waals surface area contributed by atoms with Crippen molar-refractivity contribution in [2.24, 2.45) is 0 Å². The molecule has 2 aromatic rings. The number of ether oxygens (including phenoxy) is 1. The maximum absolute atomic E-state index is 11.3. The molecule has 0 spiro atoms. The van der Waals surface area contributed by atoms with Crippen molar-refractivity contribution >= 4 is 12.0 Å². The number of nitrogens with zero attached hydrogens (tertiary/aromatic N) is 1. The number of aldehydes is 1. The lowest BCUT2D eigenvalue weighted by Gasteiger charge is -2.24. The third-order valence-corrected chi connectivity index (χ3v) is 3.71. The first kappa shape index (κ1) is 17.1. The molecule has 0 bridgehead atoms. The standard InChI is InChI=1S/C20H25NO2/c1-3-12-21(13-4-2)19-11-10-18(15-22)20(14-19)23-16-17-8-6-5-7-9-17/h5-11,14-15H,3-4,12-13,16H2,1-2H3. The SMILES string of the molecule is CCCN(CCC)c1ccc(C=O)c(OCc2ccccc2)c1. The summed E-state index contributed by atoms with van der Waals surface area (Å²) in [6, 6.07) is 15.8. The van der Waals surface area contributed by atoms with Crippen molar-refractivity contribution < 1.29 is 9.53 Å². The molecule has 2 aromatic carbocycles. The van der Waals surface area contributed by atoms with Crippen molar-refractivity contribution in [1.29, 1.82) is 0 Å². The maximum Gasteiger partial charge on any atom is 0.153 e. The number of anilines is 1. The molecule has 3 nitrogen and oxygen atoms in total. The highest BCUT2D eigenvalue weighted by atomic mass is 16.5. The highest BCUT2D eigenvalue weighted by Crippen LogP contribution is 2.26. The van der Waals surface area contributed by atoms with Crippen LogP contribution >= 0.6 is 0 Å². The van der Waals surface area contributed by atoms with Crippen LogP contribution in [0.2, 0.25) is 0 Å². The van der Waals surface area contributed by atoms with Crippen molar-refractivity contribution in [3.63, 3.8) is 0 Å². The zero-order valence-electron chi connectivity index (χ0n) is 14.0. The van der Waals surface area contributed by atoms with E-state index < -0.39 is 0 Å². The fourth-order valence-electron chi connectivity index (χ4n) is 2.59. The van der Waals surface area contributed by atoms with Crippen LogP contribution in [0.3, 0.4) is 0 Å². The molecule has 0 N–H and O–H groups in total. The van der Waals surface area contributed by atoms with Gasteiger partial charge in [-0.2, -0.15) is 0 Å². The van der Waals surface area contributed by atoms with Crippen LogP contribution in [0, 0.1) is 0 Å². The first-order chi connectivity index (χ1) is 11.3. The number of hydrogen-bond acceptors (Lipinski definition) is 3. The number of rotatable bonds is 9. The Morgan fingerprint density at radius 3 is 2.30 bits per heavy atom. The average Bonchev–Trinajstić information content (AvgIpc) is 2.60. The van der Waals surface area contributed by atoms with Gasteiger partial charge in [-0.05, 0) is 30.5 Å². The fourth-order valence-corrected chi connectivity index (χ4v) is 2.59. The smallest absolute Gasteiger partial charge is 0.153 e. The molecule has 3 heteroatoms. The summed E-state index contributed by atoms with van der Waals surface area (Å²) in [5, 5.41) is 0. The lowest BCUT2D eigenvalue weighted by Crippen LogP contribution is -2.24. The first-order valence-corrected chi connectivity index (χ1v) is 8.29. The van der Waals surface area contributed by atoms with E-state index in [-0.39, 0.29) is 0 Å². The molecule has 0 aliphatic carbocycles. The molecule has 0 heterocycles. The lowest BCUT2D eigenvalue weighted by atomic mass is 10.1. The Hall–Kier alpha value is -2.29. The van der Waals surface area contributed by atoms with Gasteiger partial charge in [0.15, 0.2) is 6.29 Å². The van der Waals surface area contributed by atoms with E-state index in [1.165, 1.54) is 0 Å². The van der Waals surface area contributed by atoms with Gasteiger partial charge in [-0.1, -0.05) is 44.2 Å². The zero-order valence-corrected chi connectivity index (χ0v) is 14.0. The van der Waals surface area contributed by atoms with Crippen molar-refractivity contribution in [2.45, 2.75) is 33.3 Å². The molecule has 122 valence electrons. The van der Waals surface area contributed by atoms with Crippen molar-refractivity contribution in [1.82, 2.24) is 0 Å². The van der Waals surface area contributed by atoms with Crippen LogP contribution in [0.15, 0.2) is 48.5 Å². The van der Waals surface area contributed by atoms with E-state index in [4.69, 9.17) is 4.74 Å². The second kappa shape index (κ2) is 8.99. The minimum Gasteiger partial charge on any atom is -0.488 e. The van der Waals surface area contributed by atoms with E-state index >= 15 is 0 Å². The summed E-state index contributed by atoms with van der Waals surface area (Å²) in [5.41, 5.74) is 2.80. The Morgan fingerprint density at radius 1 is 1.00 bits per heavy atom. The van der Waals surface area contributed by atoms with E-state index in [9.17, 15) is 4.79 Å². The predicted octanol–water partition coefficient (Wildman–Crippen LogP) is 4.70. The van der Waals surface area contributed by atoms with Crippen LogP contribution in [0.1, 0.15) is 42.6 Å². The molecule has 0 fully saturated rings. The monoisotopic (exact) mass is 311 g/mol. The molecule has 0 aliphatic heterocycles. The Bertz CT molecular complexity index is 604. The predicted molar refractivity (Wildman–Crippen MR) is 95.4 cm³/mol. The minimum absolute atomic E-state index is 0.465. The molecule has 0 saturated heterocycles. The summed E-state index contributed by atoms with van der Waals surface area (Å²) >= 11 is 0. The van der Waals surface area contributed by atoms with Gasteiger partial charge in [-0.3, -0.25) is 4.79 Å². The minimum atomic E-state index is 0.465. The van der Waals surface area contributed by atoms with Crippen LogP contribution in [-0.2, 0) is 6.61 Å². The third-order valence-electron chi connectivity index (χ3n) is 3.71. The van der Waals surface area contributed by atoms with Crippen LogP contribution in [0.25, 0.3) is 0 Å². The highest BCUT2D eigenvalue weighted by Gasteiger charge is 2.10. The van der Waals surface area contributed by atoms with Crippen LogP contribution < -0.4 is 9.64 Å². The Kier molecular flexibility index (Phi) is 6.67. The Morgan fingerprint density at radius 2 is 1.70 bits per heavy atom. The van der Waals surface area contributed by atoms with Crippen LogP contribution in [0.4, 0.5) is 5.69 Å². The average molecular weight is 311 g/mol. The number of hydrogen-bond donors (Lipinski definition) is 0. The van der Waals surface area contributed by atoms with Crippen LogP contribution in [-0.4, -0.2) is 19.4 Å². The summed E-state index contributed by atoms with van der Waals surface area (Å²) < 4.78 is 5.90. The highest BCUT2D eigenvalue weighted by molar-refractivity contribution is 5.80. The topological polar surface area (TPSA) is 29.5 Å². The summed E-state index contributed by atoms with van der Waals surface area (Å²) in [6.07, 6.45) is 3.04. The molecule has 0 amide bonds. The van der Waals surface area contributed by atoms with Crippen LogP contribution in [0.5, 0.6) is 5.75 Å². The second-order valence-electron chi connectivity index (χ2n) is 5.60. The summed E-state index contributed by atoms with van der Waals surface area (Å²) in [4.78, 5) is 13.6. The van der Waals surface area contributed by atoms with Gasteiger partial charge in [0.1, 0.15) is 12.4 Å². The van der Waals surface area contributed by atoms with Gasteiger partial charge < -0.3 is 9.64 Å². The molecule has 0 aliphatic rings. The fraction of sp³-hybridized carbons (Fsp3) is 0.350. The Labute approximate surface area is 138 Å². The van der Waals surface area contributed by atoms with Gasteiger partial charge in [0, 0.05) is 24.8 Å². The molecular formula is C20H25NO2. The van der Waals surface area contributed by atoms with Crippen molar-refractivity contribution in [2.75, 3.05) is 18.0 Å². The largest absolute Gasteiger partial charge is 0.488 e. The molecule has 23 heavy (non-hydrogen) atoms. The summed E-state index contributed by atoms with van der Waals surface area (Å²) in [5.74, 6) is 0.651. The number of benzene rings is 2. The molecule has 0 radical (unpaired) electrons. The van der Waals surface area contributed by atoms with Gasteiger partial charge in [-0.15, -0.1) is 0 Å². The summed E-state index contributed by atoms with van der Waals surface area (Å²) in [6.45, 7) is 6.83. The van der Waals surface area contributed by atoms with Gasteiger partial charge in [0.05, 0.1) is 5.56 Å². The number of carbonyl (C=O) groups is 1. The normalized spacial score (nSPS) is 10.3. The third kappa shape index (κ3) is 4.85. The quantitative estimate of drug-likeness (QED) is 0.628. The Balaban J connectivity index is 2.19. The van der Waals surface area contributed by atoms with E-state index in [2.05, 4.69) is 18.7 Å².